The lowest BCUT2D eigenvalue weighted by molar-refractivity contribution is 0.0178. The highest BCUT2D eigenvalue weighted by Gasteiger charge is 2.31. The number of imidazole rings is 3. The molecule has 3 aromatic heterocycles. The van der Waals surface area contributed by atoms with Gasteiger partial charge in [0.1, 0.15) is 11.2 Å². The summed E-state index contributed by atoms with van der Waals surface area (Å²) in [6.45, 7) is 21.5. The Kier molecular flexibility index (Phi) is 16.8. The first-order chi connectivity index (χ1) is 34.6. The molecule has 0 saturated carbocycles. The highest BCUT2D eigenvalue weighted by Crippen LogP contribution is 2.32. The maximum absolute atomic E-state index is 12.3. The smallest absolute Gasteiger partial charge is 0.410 e. The molecule has 6 aromatic rings. The van der Waals surface area contributed by atoms with Gasteiger partial charge in [0.2, 0.25) is 29.6 Å². The third kappa shape index (κ3) is 12.0. The molecular formula is C53H69N15O4. The number of anilines is 1. The van der Waals surface area contributed by atoms with Crippen LogP contribution in [0.4, 0.5) is 15.5 Å². The van der Waals surface area contributed by atoms with Crippen molar-refractivity contribution in [2.24, 2.45) is 9.98 Å². The van der Waals surface area contributed by atoms with Gasteiger partial charge < -0.3 is 47.4 Å². The Labute approximate surface area is 421 Å². The van der Waals surface area contributed by atoms with Crippen LogP contribution >= 0.6 is 0 Å². The van der Waals surface area contributed by atoms with E-state index >= 15 is 0 Å². The molecule has 3 fully saturated rings. The summed E-state index contributed by atoms with van der Waals surface area (Å²) in [6, 6.07) is 25.1. The van der Waals surface area contributed by atoms with Crippen LogP contribution < -0.4 is 21.9 Å². The van der Waals surface area contributed by atoms with Gasteiger partial charge >= 0.3 is 12.2 Å². The van der Waals surface area contributed by atoms with Crippen LogP contribution in [-0.4, -0.2) is 100 Å². The Balaban J connectivity index is 0.000000160. The van der Waals surface area contributed by atoms with E-state index in [0.717, 1.165) is 97.9 Å². The van der Waals surface area contributed by atoms with Gasteiger partial charge in [-0.25, -0.2) is 14.6 Å². The fraction of sp³-hybridized carbons (Fsp3) is 0.509. The van der Waals surface area contributed by atoms with Crippen LogP contribution in [0, 0.1) is 34.4 Å². The number of amides is 2. The van der Waals surface area contributed by atoms with Crippen LogP contribution in [0.5, 0.6) is 0 Å². The molecule has 0 bridgehead atoms. The number of aryl methyl sites for hydroxylation is 2. The number of rotatable bonds is 6. The quantitative estimate of drug-likeness (QED) is 0.120. The van der Waals surface area contributed by atoms with E-state index < -0.39 is 11.2 Å². The molecule has 9 rings (SSSR count). The molecule has 72 heavy (non-hydrogen) atoms. The molecule has 3 aliphatic heterocycles. The van der Waals surface area contributed by atoms with Crippen molar-refractivity contribution >= 4 is 51.2 Å². The fourth-order valence-electron chi connectivity index (χ4n) is 10.0. The van der Waals surface area contributed by atoms with Gasteiger partial charge in [-0.05, 0) is 143 Å². The average Bonchev–Trinajstić information content (AvgIpc) is 4.00. The molecule has 19 nitrogen and oxygen atoms in total. The van der Waals surface area contributed by atoms with E-state index in [4.69, 9.17) is 20.0 Å². The van der Waals surface area contributed by atoms with E-state index in [0.29, 0.717) is 43.8 Å². The Morgan fingerprint density at radius 3 is 1.40 bits per heavy atom. The van der Waals surface area contributed by atoms with Gasteiger partial charge in [-0.1, -0.05) is 36.4 Å². The van der Waals surface area contributed by atoms with Gasteiger partial charge in [0, 0.05) is 57.4 Å². The lowest BCUT2D eigenvalue weighted by atomic mass is 10.0. The molecule has 0 spiro atoms. The van der Waals surface area contributed by atoms with E-state index in [1.807, 2.05) is 103 Å². The summed E-state index contributed by atoms with van der Waals surface area (Å²) in [4.78, 5) is 40.8. The van der Waals surface area contributed by atoms with E-state index in [1.54, 1.807) is 9.80 Å². The van der Waals surface area contributed by atoms with Crippen molar-refractivity contribution in [3.8, 4) is 18.6 Å². The number of hydrogen-bond donors (Lipinski definition) is 2. The van der Waals surface area contributed by atoms with Crippen molar-refractivity contribution in [2.45, 2.75) is 136 Å². The number of piperidine rings is 3. The standard InChI is InChI=1S/C20H27N5O2.C18H23N5O2.C15H19N5/c1-5-24-16-8-6-7-9-17(16)25(18(24)22-14-21)15-10-12-23(13-11-15)19(26)27-20(2,3)4;1-18(2,3)25-17(24)22-10-8-13(9-11-22)23-15-7-5-4-6-14(15)21-16(23)20-12-19;1-2-19-13-5-3-4-6-14(13)20(15(19)18-11-16)12-7-9-17-10-8-12/h6-9,15H,5,10-13H2,1-4H3;4-7,13H,8-11H2,1-3H3,(H,20,21);3-6,12,17H,2,7-10H2,1H3. The van der Waals surface area contributed by atoms with Gasteiger partial charge in [0.25, 0.3) is 0 Å². The SMILES string of the molecule is CC(C)(C)OC(=O)N1CCC(n2c(NC#N)nc3ccccc32)CC1.CCn1c(=NC#N)n(C2CCN(C(=O)OC(C)(C)C)CC2)c2ccccc21.CCn1c(=NC#N)n(C2CCNCC2)c2ccccc21. The molecule has 0 aliphatic carbocycles. The number of nitriles is 3. The number of likely N-dealkylation sites (tertiary alicyclic amines) is 2. The average molecular weight is 980 g/mol. The predicted octanol–water partition coefficient (Wildman–Crippen LogP) is 8.69. The zero-order valence-corrected chi connectivity index (χ0v) is 43.0. The minimum absolute atomic E-state index is 0.182. The normalized spacial score (nSPS) is 16.6. The van der Waals surface area contributed by atoms with Crippen molar-refractivity contribution in [1.29, 1.82) is 15.8 Å². The topological polar surface area (TPSA) is 217 Å². The molecule has 2 N–H and O–H groups in total. The minimum atomic E-state index is -0.490. The van der Waals surface area contributed by atoms with Crippen LogP contribution in [0.2, 0.25) is 0 Å². The maximum atomic E-state index is 12.3. The van der Waals surface area contributed by atoms with E-state index in [1.165, 1.54) is 5.52 Å². The maximum Gasteiger partial charge on any atom is 0.410 e. The van der Waals surface area contributed by atoms with Crippen molar-refractivity contribution < 1.29 is 19.1 Å². The van der Waals surface area contributed by atoms with Crippen molar-refractivity contribution in [3.63, 3.8) is 0 Å². The summed E-state index contributed by atoms with van der Waals surface area (Å²) in [6.07, 6.45) is 10.7. The van der Waals surface area contributed by atoms with Gasteiger partial charge in [-0.3, -0.25) is 5.32 Å². The summed E-state index contributed by atoms with van der Waals surface area (Å²) in [7, 11) is 0. The third-order valence-electron chi connectivity index (χ3n) is 13.1. The fourth-order valence-corrected chi connectivity index (χ4v) is 10.0. The Bertz CT molecular complexity index is 3120. The molecule has 0 atom stereocenters. The molecule has 3 saturated heterocycles. The van der Waals surface area contributed by atoms with Crippen LogP contribution in [0.3, 0.4) is 0 Å². The van der Waals surface area contributed by atoms with Crippen LogP contribution in [0.1, 0.15) is 112 Å². The number of benzene rings is 3. The largest absolute Gasteiger partial charge is 0.444 e. The molecule has 19 heteroatoms. The minimum Gasteiger partial charge on any atom is -0.444 e. The van der Waals surface area contributed by atoms with Gasteiger partial charge in [0.15, 0.2) is 6.19 Å². The van der Waals surface area contributed by atoms with Crippen molar-refractivity contribution in [1.82, 2.24) is 42.9 Å². The predicted molar refractivity (Wildman–Crippen MR) is 276 cm³/mol. The Morgan fingerprint density at radius 1 is 0.611 bits per heavy atom. The lowest BCUT2D eigenvalue weighted by Gasteiger charge is -2.34. The second kappa shape index (κ2) is 23.1. The summed E-state index contributed by atoms with van der Waals surface area (Å²) < 4.78 is 21.6. The van der Waals surface area contributed by atoms with Crippen LogP contribution in [0.25, 0.3) is 33.1 Å². The molecule has 0 unspecified atom stereocenters. The highest BCUT2D eigenvalue weighted by atomic mass is 16.6. The number of fused-ring (bicyclic) bond motifs is 3. The molecule has 3 aliphatic rings. The summed E-state index contributed by atoms with van der Waals surface area (Å²) >= 11 is 0. The summed E-state index contributed by atoms with van der Waals surface area (Å²) in [5.41, 5.74) is 6.81. The molecule has 0 radical (unpaired) electrons. The number of nitrogens with one attached hydrogen (secondary N) is 2. The Hall–Kier alpha value is -7.56. The summed E-state index contributed by atoms with van der Waals surface area (Å²) in [5, 5.41) is 33.3. The second-order valence-electron chi connectivity index (χ2n) is 20.1. The molecule has 3 aromatic carbocycles. The monoisotopic (exact) mass is 980 g/mol. The zero-order chi connectivity index (χ0) is 51.6. The van der Waals surface area contributed by atoms with Crippen molar-refractivity contribution in [2.75, 3.05) is 44.6 Å². The number of para-hydroxylation sites is 6. The third-order valence-corrected chi connectivity index (χ3v) is 13.1. The number of ether oxygens (including phenoxy) is 2. The first kappa shape index (κ1) is 52.3. The number of carbonyl (C=O) groups excluding carboxylic acids is 2. The first-order valence-electron chi connectivity index (χ1n) is 25.1. The lowest BCUT2D eigenvalue weighted by Crippen LogP contribution is -2.43. The zero-order valence-electron chi connectivity index (χ0n) is 43.0. The highest BCUT2D eigenvalue weighted by molar-refractivity contribution is 5.79. The summed E-state index contributed by atoms with van der Waals surface area (Å²) in [5.74, 6) is 0.555. The van der Waals surface area contributed by atoms with Gasteiger partial charge in [-0.2, -0.15) is 15.8 Å². The second-order valence-corrected chi connectivity index (χ2v) is 20.1. The van der Waals surface area contributed by atoms with Gasteiger partial charge in [-0.15, -0.1) is 9.98 Å². The molecular weight excluding hydrogens is 911 g/mol. The molecule has 6 heterocycles. The van der Waals surface area contributed by atoms with Crippen LogP contribution in [0.15, 0.2) is 82.8 Å². The number of nitrogens with zero attached hydrogens (tertiary/aromatic N) is 13. The van der Waals surface area contributed by atoms with Crippen LogP contribution in [-0.2, 0) is 22.6 Å². The van der Waals surface area contributed by atoms with E-state index in [9.17, 15) is 14.9 Å². The number of hydrogen-bond acceptors (Lipinski definition) is 12. The van der Waals surface area contributed by atoms with E-state index in [-0.39, 0.29) is 24.3 Å². The first-order valence-corrected chi connectivity index (χ1v) is 25.1. The van der Waals surface area contributed by atoms with Gasteiger partial charge in [0.05, 0.1) is 33.1 Å². The molecule has 380 valence electrons. The molecule has 2 amide bonds. The Morgan fingerprint density at radius 2 is 1.00 bits per heavy atom. The van der Waals surface area contributed by atoms with E-state index in [2.05, 4.69) is 92.6 Å². The number of aromatic nitrogens is 6. The van der Waals surface area contributed by atoms with Crippen molar-refractivity contribution in [3.05, 3.63) is 84.0 Å². The number of carbonyl (C=O) groups is 2.